The third-order valence-electron chi connectivity index (χ3n) is 2.09. The molecular formula is C9H10N4O2S2. The normalized spacial score (nSPS) is 10.7. The van der Waals surface area contributed by atoms with Crippen LogP contribution in [0.1, 0.15) is 6.92 Å². The molecule has 0 aliphatic heterocycles. The van der Waals surface area contributed by atoms with E-state index in [1.54, 1.807) is 23.4 Å². The lowest BCUT2D eigenvalue weighted by Gasteiger charge is -1.94. The Kier molecular flexibility index (Phi) is 3.43. The number of nitrogens with zero attached hydrogens (tertiary/aromatic N) is 4. The van der Waals surface area contributed by atoms with E-state index in [1.807, 2.05) is 6.92 Å². The maximum absolute atomic E-state index is 10.7. The van der Waals surface area contributed by atoms with Gasteiger partial charge in [0.1, 0.15) is 0 Å². The largest absolute Gasteiger partial charge is 0.342 e. The Morgan fingerprint density at radius 1 is 1.59 bits per heavy atom. The summed E-state index contributed by atoms with van der Waals surface area (Å²) in [6.07, 6.45) is 1.48. The van der Waals surface area contributed by atoms with Crippen molar-refractivity contribution in [3.8, 4) is 10.7 Å². The topological polar surface area (TPSA) is 73.8 Å². The zero-order valence-corrected chi connectivity index (χ0v) is 10.9. The third-order valence-corrected chi connectivity index (χ3v) is 4.06. The molecule has 0 aliphatic carbocycles. The van der Waals surface area contributed by atoms with Crippen molar-refractivity contribution in [1.82, 2.24) is 14.8 Å². The molecule has 0 spiro atoms. The Labute approximate surface area is 106 Å². The molecule has 8 heteroatoms. The number of aryl methyl sites for hydroxylation is 1. The first-order chi connectivity index (χ1) is 8.11. The first kappa shape index (κ1) is 12.1. The quantitative estimate of drug-likeness (QED) is 0.485. The molecule has 2 heterocycles. The van der Waals surface area contributed by atoms with Crippen LogP contribution < -0.4 is 0 Å². The van der Waals surface area contributed by atoms with Gasteiger partial charge in [0.15, 0.2) is 9.35 Å². The molecule has 6 nitrogen and oxygen atoms in total. The molecule has 2 rings (SSSR count). The summed E-state index contributed by atoms with van der Waals surface area (Å²) in [5.41, 5.74) is 0.791. The molecule has 0 unspecified atom stereocenters. The number of hydrogen-bond acceptors (Lipinski definition) is 6. The Balaban J connectivity index is 2.35. The maximum Gasteiger partial charge on any atom is 0.287 e. The highest BCUT2D eigenvalue weighted by Gasteiger charge is 2.16. The van der Waals surface area contributed by atoms with Gasteiger partial charge in [0.2, 0.25) is 0 Å². The van der Waals surface area contributed by atoms with E-state index < -0.39 is 4.92 Å². The first-order valence-electron chi connectivity index (χ1n) is 4.89. The Bertz CT molecular complexity index is 549. The highest BCUT2D eigenvalue weighted by molar-refractivity contribution is 8.01. The second-order valence-corrected chi connectivity index (χ2v) is 5.75. The van der Waals surface area contributed by atoms with Gasteiger partial charge in [-0.25, -0.2) is 0 Å². The molecule has 0 saturated carbocycles. The molecule has 0 aromatic carbocycles. The molecular weight excluding hydrogens is 260 g/mol. The lowest BCUT2D eigenvalue weighted by atomic mass is 10.4. The SMILES string of the molecule is CCSc1nnc(-c2cc([N+](=O)[O-])cn2C)s1. The van der Waals surface area contributed by atoms with Crippen LogP contribution in [0.25, 0.3) is 10.7 Å². The Hall–Kier alpha value is -1.41. The average molecular weight is 270 g/mol. The van der Waals surface area contributed by atoms with Crippen LogP contribution in [-0.4, -0.2) is 25.4 Å². The molecule has 0 radical (unpaired) electrons. The molecule has 0 fully saturated rings. The third kappa shape index (κ3) is 2.47. The van der Waals surface area contributed by atoms with Gasteiger partial charge in [-0.15, -0.1) is 10.2 Å². The molecule has 0 bridgehead atoms. The molecule has 2 aromatic heterocycles. The minimum atomic E-state index is -0.410. The van der Waals surface area contributed by atoms with E-state index in [2.05, 4.69) is 10.2 Å². The van der Waals surface area contributed by atoms with Crippen molar-refractivity contribution < 1.29 is 4.92 Å². The zero-order valence-electron chi connectivity index (χ0n) is 9.28. The van der Waals surface area contributed by atoms with E-state index in [0.717, 1.165) is 15.8 Å². The van der Waals surface area contributed by atoms with E-state index in [-0.39, 0.29) is 5.69 Å². The zero-order chi connectivity index (χ0) is 12.4. The number of hydrogen-bond donors (Lipinski definition) is 0. The van der Waals surface area contributed by atoms with Crippen LogP contribution in [0.3, 0.4) is 0 Å². The van der Waals surface area contributed by atoms with Crippen molar-refractivity contribution in [1.29, 1.82) is 0 Å². The fraction of sp³-hybridized carbons (Fsp3) is 0.333. The lowest BCUT2D eigenvalue weighted by molar-refractivity contribution is -0.384. The molecule has 0 amide bonds. The van der Waals surface area contributed by atoms with Crippen LogP contribution in [0.4, 0.5) is 5.69 Å². The highest BCUT2D eigenvalue weighted by Crippen LogP contribution is 2.31. The lowest BCUT2D eigenvalue weighted by Crippen LogP contribution is -1.88. The van der Waals surface area contributed by atoms with E-state index >= 15 is 0 Å². The van der Waals surface area contributed by atoms with Crippen molar-refractivity contribution in [2.75, 3.05) is 5.75 Å². The van der Waals surface area contributed by atoms with Crippen LogP contribution in [0.2, 0.25) is 0 Å². The smallest absolute Gasteiger partial charge is 0.287 e. The van der Waals surface area contributed by atoms with Crippen molar-refractivity contribution in [2.24, 2.45) is 7.05 Å². The number of nitro groups is 1. The van der Waals surface area contributed by atoms with Gasteiger partial charge in [0, 0.05) is 13.1 Å². The Morgan fingerprint density at radius 2 is 2.35 bits per heavy atom. The summed E-state index contributed by atoms with van der Waals surface area (Å²) < 4.78 is 2.57. The minimum absolute atomic E-state index is 0.0717. The van der Waals surface area contributed by atoms with Crippen LogP contribution in [0.15, 0.2) is 16.6 Å². The summed E-state index contributed by atoms with van der Waals surface area (Å²) in [6.45, 7) is 2.04. The molecule has 2 aromatic rings. The summed E-state index contributed by atoms with van der Waals surface area (Å²) in [5.74, 6) is 0.932. The van der Waals surface area contributed by atoms with E-state index in [0.29, 0.717) is 5.01 Å². The first-order valence-corrected chi connectivity index (χ1v) is 6.69. The molecule has 0 aliphatic rings. The number of thioether (sulfide) groups is 1. The van der Waals surface area contributed by atoms with Gasteiger partial charge in [-0.05, 0) is 5.75 Å². The van der Waals surface area contributed by atoms with E-state index in [4.69, 9.17) is 0 Å². The maximum atomic E-state index is 10.7. The van der Waals surface area contributed by atoms with E-state index in [1.165, 1.54) is 23.6 Å². The van der Waals surface area contributed by atoms with Crippen molar-refractivity contribution >= 4 is 28.8 Å². The summed E-state index contributed by atoms with van der Waals surface area (Å²) in [4.78, 5) is 10.3. The number of aromatic nitrogens is 3. The second kappa shape index (κ2) is 4.84. The number of rotatable bonds is 4. The monoisotopic (exact) mass is 270 g/mol. The predicted octanol–water partition coefficient (Wildman–Crippen LogP) is 2.56. The van der Waals surface area contributed by atoms with Gasteiger partial charge in [0.25, 0.3) is 5.69 Å². The summed E-state index contributed by atoms with van der Waals surface area (Å²) in [6, 6.07) is 1.51. The standard InChI is InChI=1S/C9H10N4O2S2/c1-3-16-9-11-10-8(17-9)7-4-6(13(14)15)5-12(7)2/h4-5H,3H2,1-2H3. The minimum Gasteiger partial charge on any atom is -0.342 e. The molecule has 0 atom stereocenters. The van der Waals surface area contributed by atoms with Gasteiger partial charge < -0.3 is 4.57 Å². The Morgan fingerprint density at radius 3 is 2.94 bits per heavy atom. The molecule has 0 saturated heterocycles. The average Bonchev–Trinajstić information content (AvgIpc) is 2.85. The van der Waals surface area contributed by atoms with Gasteiger partial charge in [-0.1, -0.05) is 30.0 Å². The van der Waals surface area contributed by atoms with Crippen molar-refractivity contribution in [3.05, 3.63) is 22.4 Å². The summed E-state index contributed by atoms with van der Waals surface area (Å²) in [7, 11) is 1.76. The fourth-order valence-electron chi connectivity index (χ4n) is 1.35. The predicted molar refractivity (Wildman–Crippen MR) is 67.4 cm³/mol. The van der Waals surface area contributed by atoms with Gasteiger partial charge >= 0.3 is 0 Å². The van der Waals surface area contributed by atoms with Crippen molar-refractivity contribution in [2.45, 2.75) is 11.3 Å². The molecule has 90 valence electrons. The van der Waals surface area contributed by atoms with Gasteiger partial charge in [0.05, 0.1) is 16.8 Å². The second-order valence-electron chi connectivity index (χ2n) is 3.26. The van der Waals surface area contributed by atoms with Crippen LogP contribution in [0, 0.1) is 10.1 Å². The molecule has 0 N–H and O–H groups in total. The van der Waals surface area contributed by atoms with Crippen LogP contribution in [0.5, 0.6) is 0 Å². The van der Waals surface area contributed by atoms with Gasteiger partial charge in [-0.2, -0.15) is 0 Å². The van der Waals surface area contributed by atoms with Crippen LogP contribution >= 0.6 is 23.1 Å². The summed E-state index contributed by atoms with van der Waals surface area (Å²) >= 11 is 3.06. The van der Waals surface area contributed by atoms with Crippen molar-refractivity contribution in [3.63, 3.8) is 0 Å². The highest BCUT2D eigenvalue weighted by atomic mass is 32.2. The van der Waals surface area contributed by atoms with E-state index in [9.17, 15) is 10.1 Å². The molecule has 17 heavy (non-hydrogen) atoms. The fourth-order valence-corrected chi connectivity index (χ4v) is 3.16. The van der Waals surface area contributed by atoms with Gasteiger partial charge in [-0.3, -0.25) is 10.1 Å². The summed E-state index contributed by atoms with van der Waals surface area (Å²) in [5, 5.41) is 19.4. The van der Waals surface area contributed by atoms with Crippen LogP contribution in [-0.2, 0) is 7.05 Å².